The van der Waals surface area contributed by atoms with Crippen molar-refractivity contribution in [2.24, 2.45) is 5.73 Å². The first kappa shape index (κ1) is 11.0. The van der Waals surface area contributed by atoms with Crippen LogP contribution in [0.25, 0.3) is 0 Å². The third kappa shape index (κ3) is 2.25. The Labute approximate surface area is 87.5 Å². The number of carbonyl (C=O) groups is 1. The molecular weight excluding hydrogens is 202 g/mol. The lowest BCUT2D eigenvalue weighted by atomic mass is 9.95. The molecule has 0 unspecified atom stereocenters. The molecule has 0 saturated heterocycles. The molecule has 76 valence electrons. The van der Waals surface area contributed by atoms with Gasteiger partial charge in [-0.1, -0.05) is 17.7 Å². The van der Waals surface area contributed by atoms with Crippen molar-refractivity contribution in [2.75, 3.05) is 0 Å². The molecule has 0 spiro atoms. The van der Waals surface area contributed by atoms with Crippen LogP contribution >= 0.6 is 11.6 Å². The minimum absolute atomic E-state index is 0.0969. The van der Waals surface area contributed by atoms with Crippen LogP contribution in [0.1, 0.15) is 29.8 Å². The number of hydrogen-bond acceptors (Lipinski definition) is 2. The zero-order chi connectivity index (χ0) is 10.9. The van der Waals surface area contributed by atoms with Gasteiger partial charge in [0.25, 0.3) is 0 Å². The van der Waals surface area contributed by atoms with Crippen LogP contribution in [0, 0.1) is 0 Å². The minimum Gasteiger partial charge on any atom is -0.478 e. The summed E-state index contributed by atoms with van der Waals surface area (Å²) < 4.78 is 0. The summed E-state index contributed by atoms with van der Waals surface area (Å²) in [5.74, 6) is -1.03. The fraction of sp³-hybridized carbons (Fsp3) is 0.300. The zero-order valence-corrected chi connectivity index (χ0v) is 8.80. The van der Waals surface area contributed by atoms with Gasteiger partial charge in [0, 0.05) is 5.54 Å². The number of aromatic carboxylic acids is 1. The zero-order valence-electron chi connectivity index (χ0n) is 8.04. The van der Waals surface area contributed by atoms with Gasteiger partial charge in [0.2, 0.25) is 0 Å². The number of carboxylic acids is 1. The van der Waals surface area contributed by atoms with E-state index in [-0.39, 0.29) is 10.6 Å². The molecule has 0 aliphatic rings. The van der Waals surface area contributed by atoms with E-state index in [4.69, 9.17) is 22.4 Å². The number of benzene rings is 1. The molecule has 0 saturated carbocycles. The smallest absolute Gasteiger partial charge is 0.337 e. The average molecular weight is 214 g/mol. The number of halogens is 1. The van der Waals surface area contributed by atoms with Crippen molar-refractivity contribution in [1.29, 1.82) is 0 Å². The van der Waals surface area contributed by atoms with Crippen LogP contribution in [0.2, 0.25) is 5.02 Å². The van der Waals surface area contributed by atoms with Gasteiger partial charge >= 0.3 is 5.97 Å². The molecule has 1 aromatic carbocycles. The summed E-state index contributed by atoms with van der Waals surface area (Å²) in [5.41, 5.74) is 6.24. The monoisotopic (exact) mass is 213 g/mol. The largest absolute Gasteiger partial charge is 0.478 e. The molecule has 4 heteroatoms. The summed E-state index contributed by atoms with van der Waals surface area (Å²) in [6, 6.07) is 4.73. The Morgan fingerprint density at radius 2 is 2.07 bits per heavy atom. The van der Waals surface area contributed by atoms with Crippen LogP contribution in [0.15, 0.2) is 18.2 Å². The molecule has 0 radical (unpaired) electrons. The van der Waals surface area contributed by atoms with Crippen molar-refractivity contribution in [2.45, 2.75) is 19.4 Å². The van der Waals surface area contributed by atoms with E-state index in [1.165, 1.54) is 6.07 Å². The summed E-state index contributed by atoms with van der Waals surface area (Å²) in [6.45, 7) is 3.66. The predicted octanol–water partition coefficient (Wildman–Crippen LogP) is 2.23. The van der Waals surface area contributed by atoms with Crippen LogP contribution in [-0.2, 0) is 5.54 Å². The van der Waals surface area contributed by atoms with Gasteiger partial charge in [-0.25, -0.2) is 4.79 Å². The van der Waals surface area contributed by atoms with Crippen LogP contribution in [0.3, 0.4) is 0 Å². The third-order valence-electron chi connectivity index (χ3n) is 1.94. The lowest BCUT2D eigenvalue weighted by molar-refractivity contribution is 0.0697. The third-order valence-corrected chi connectivity index (χ3v) is 2.26. The second kappa shape index (κ2) is 3.59. The lowest BCUT2D eigenvalue weighted by Crippen LogP contribution is -2.28. The summed E-state index contributed by atoms with van der Waals surface area (Å²) >= 11 is 5.79. The molecule has 1 rings (SSSR count). The van der Waals surface area contributed by atoms with E-state index in [9.17, 15) is 4.79 Å². The van der Waals surface area contributed by atoms with Gasteiger partial charge in [0.05, 0.1) is 10.6 Å². The van der Waals surface area contributed by atoms with E-state index < -0.39 is 11.5 Å². The fourth-order valence-corrected chi connectivity index (χ4v) is 1.35. The molecule has 1 aromatic rings. The van der Waals surface area contributed by atoms with Gasteiger partial charge in [-0.05, 0) is 31.5 Å². The maximum Gasteiger partial charge on any atom is 0.337 e. The molecule has 0 bridgehead atoms. The topological polar surface area (TPSA) is 63.3 Å². The number of rotatable bonds is 2. The molecule has 0 fully saturated rings. The average Bonchev–Trinajstić information content (AvgIpc) is 2.01. The highest BCUT2D eigenvalue weighted by Gasteiger charge is 2.17. The molecular formula is C10H12ClNO2. The minimum atomic E-state index is -1.03. The van der Waals surface area contributed by atoms with Gasteiger partial charge in [0.15, 0.2) is 0 Å². The van der Waals surface area contributed by atoms with E-state index in [0.29, 0.717) is 0 Å². The van der Waals surface area contributed by atoms with Crippen molar-refractivity contribution in [3.05, 3.63) is 34.3 Å². The normalized spacial score (nSPS) is 11.4. The Morgan fingerprint density at radius 3 is 2.43 bits per heavy atom. The number of carboxylic acid groups (broad SMARTS) is 1. The van der Waals surface area contributed by atoms with E-state index in [2.05, 4.69) is 0 Å². The highest BCUT2D eigenvalue weighted by Crippen LogP contribution is 2.23. The Kier molecular flexibility index (Phi) is 2.83. The maximum absolute atomic E-state index is 10.7. The van der Waals surface area contributed by atoms with Crippen molar-refractivity contribution < 1.29 is 9.90 Å². The van der Waals surface area contributed by atoms with Crippen molar-refractivity contribution in [1.82, 2.24) is 0 Å². The SMILES string of the molecule is CC(C)(N)c1ccc(C(=O)O)c(Cl)c1. The quantitative estimate of drug-likeness (QED) is 0.792. The molecule has 0 aliphatic heterocycles. The maximum atomic E-state index is 10.7. The Bertz CT molecular complexity index is 369. The lowest BCUT2D eigenvalue weighted by Gasteiger charge is -2.19. The molecule has 0 amide bonds. The first-order valence-corrected chi connectivity index (χ1v) is 4.52. The molecule has 0 heterocycles. The van der Waals surface area contributed by atoms with Crippen molar-refractivity contribution in [3.63, 3.8) is 0 Å². The van der Waals surface area contributed by atoms with Crippen LogP contribution in [0.5, 0.6) is 0 Å². The van der Waals surface area contributed by atoms with E-state index in [1.807, 2.05) is 13.8 Å². The van der Waals surface area contributed by atoms with Gasteiger partial charge in [-0.15, -0.1) is 0 Å². The highest BCUT2D eigenvalue weighted by atomic mass is 35.5. The molecule has 3 nitrogen and oxygen atoms in total. The molecule has 0 aromatic heterocycles. The summed E-state index contributed by atoms with van der Waals surface area (Å²) in [5, 5.41) is 8.96. The summed E-state index contributed by atoms with van der Waals surface area (Å²) in [4.78, 5) is 10.7. The van der Waals surface area contributed by atoms with E-state index >= 15 is 0 Å². The van der Waals surface area contributed by atoms with Gasteiger partial charge in [-0.2, -0.15) is 0 Å². The predicted molar refractivity (Wildman–Crippen MR) is 55.6 cm³/mol. The van der Waals surface area contributed by atoms with Gasteiger partial charge < -0.3 is 10.8 Å². The first-order valence-electron chi connectivity index (χ1n) is 4.14. The Morgan fingerprint density at radius 1 is 1.50 bits per heavy atom. The van der Waals surface area contributed by atoms with E-state index in [0.717, 1.165) is 5.56 Å². The van der Waals surface area contributed by atoms with Crippen LogP contribution < -0.4 is 5.73 Å². The molecule has 0 atom stereocenters. The molecule has 0 aliphatic carbocycles. The van der Waals surface area contributed by atoms with Crippen molar-refractivity contribution >= 4 is 17.6 Å². The second-order valence-corrected chi connectivity index (χ2v) is 4.13. The molecule has 14 heavy (non-hydrogen) atoms. The van der Waals surface area contributed by atoms with Crippen LogP contribution in [-0.4, -0.2) is 11.1 Å². The highest BCUT2D eigenvalue weighted by molar-refractivity contribution is 6.33. The summed E-state index contributed by atoms with van der Waals surface area (Å²) in [7, 11) is 0. The number of nitrogens with two attached hydrogens (primary N) is 1. The standard InChI is InChI=1S/C10H12ClNO2/c1-10(2,12)6-3-4-7(9(13)14)8(11)5-6/h3-5H,12H2,1-2H3,(H,13,14). The Balaban J connectivity index is 3.20. The first-order chi connectivity index (χ1) is 6.32. The Hall–Kier alpha value is -1.06. The number of hydrogen-bond donors (Lipinski definition) is 2. The van der Waals surface area contributed by atoms with Crippen LogP contribution in [0.4, 0.5) is 0 Å². The van der Waals surface area contributed by atoms with Gasteiger partial charge in [0.1, 0.15) is 0 Å². The van der Waals surface area contributed by atoms with Gasteiger partial charge in [-0.3, -0.25) is 0 Å². The second-order valence-electron chi connectivity index (χ2n) is 3.72. The fourth-order valence-electron chi connectivity index (χ4n) is 1.09. The molecule has 3 N–H and O–H groups in total. The van der Waals surface area contributed by atoms with E-state index in [1.54, 1.807) is 12.1 Å². The summed E-state index contributed by atoms with van der Waals surface area (Å²) in [6.07, 6.45) is 0. The van der Waals surface area contributed by atoms with Crippen molar-refractivity contribution in [3.8, 4) is 0 Å².